The summed E-state index contributed by atoms with van der Waals surface area (Å²) in [4.78, 5) is 6.98. The van der Waals surface area contributed by atoms with Gasteiger partial charge in [0.25, 0.3) is 0 Å². The van der Waals surface area contributed by atoms with Crippen LogP contribution in [0.5, 0.6) is 0 Å². The zero-order valence-electron chi connectivity index (χ0n) is 17.8. The number of aliphatic hydroxyl groups excluding tert-OH is 1. The zero-order valence-corrected chi connectivity index (χ0v) is 17.8. The van der Waals surface area contributed by atoms with Crippen LogP contribution >= 0.6 is 0 Å². The average Bonchev–Trinajstić information content (AvgIpc) is 3.41. The summed E-state index contributed by atoms with van der Waals surface area (Å²) in [6, 6.07) is 9.50. The molecule has 0 bridgehead atoms. The number of hydrogen-bond acceptors (Lipinski definition) is 7. The highest BCUT2D eigenvalue weighted by molar-refractivity contribution is 5.92. The number of aliphatic hydroxyl groups is 1. The third kappa shape index (κ3) is 4.24. The van der Waals surface area contributed by atoms with Crippen LogP contribution in [0.1, 0.15) is 24.0 Å². The molecule has 5 N–H and O–H groups in total. The highest BCUT2D eigenvalue weighted by atomic mass is 16.3. The van der Waals surface area contributed by atoms with Gasteiger partial charge in [-0.25, -0.2) is 4.68 Å². The second-order valence-corrected chi connectivity index (χ2v) is 8.27. The summed E-state index contributed by atoms with van der Waals surface area (Å²) in [5.41, 5.74) is 14.5. The smallest absolute Gasteiger partial charge is 0.164 e. The highest BCUT2D eigenvalue weighted by Gasteiger charge is 2.27. The van der Waals surface area contributed by atoms with E-state index < -0.39 is 0 Å². The van der Waals surface area contributed by atoms with Gasteiger partial charge in [0, 0.05) is 51.4 Å². The van der Waals surface area contributed by atoms with Crippen LogP contribution in [0.15, 0.2) is 30.3 Å². The third-order valence-electron chi connectivity index (χ3n) is 6.18. The molecule has 2 fully saturated rings. The molecule has 1 aromatic carbocycles. The maximum absolute atomic E-state index is 11.1. The Hall–Kier alpha value is -2.71. The molecule has 0 amide bonds. The maximum atomic E-state index is 11.1. The molecule has 0 atom stereocenters. The van der Waals surface area contributed by atoms with Gasteiger partial charge < -0.3 is 26.4 Å². The Morgan fingerprint density at radius 2 is 1.67 bits per heavy atom. The minimum atomic E-state index is 0.00597. The van der Waals surface area contributed by atoms with Gasteiger partial charge >= 0.3 is 0 Å². The van der Waals surface area contributed by atoms with Crippen LogP contribution < -0.4 is 16.4 Å². The van der Waals surface area contributed by atoms with E-state index in [-0.39, 0.29) is 5.76 Å². The Bertz CT molecular complexity index is 878. The van der Waals surface area contributed by atoms with Gasteiger partial charge in [0.15, 0.2) is 11.6 Å². The van der Waals surface area contributed by atoms with E-state index in [1.165, 1.54) is 0 Å². The Labute approximate surface area is 178 Å². The molecule has 0 saturated carbocycles. The summed E-state index contributed by atoms with van der Waals surface area (Å²) in [6.45, 7) is 7.67. The highest BCUT2D eigenvalue weighted by Crippen LogP contribution is 2.35. The van der Waals surface area contributed by atoms with E-state index in [0.717, 1.165) is 70.0 Å². The lowest BCUT2D eigenvalue weighted by atomic mass is 10.1. The molecular formula is C22H33N7O. The van der Waals surface area contributed by atoms with Crippen LogP contribution in [0.3, 0.4) is 0 Å². The number of nitrogen functional groups attached to an aromatic ring is 1. The molecular weight excluding hydrogens is 378 g/mol. The number of likely N-dealkylation sites (N-methyl/N-ethyl adjacent to an activating group) is 1. The van der Waals surface area contributed by atoms with Crippen LogP contribution in [-0.4, -0.2) is 77.5 Å². The van der Waals surface area contributed by atoms with Gasteiger partial charge in [-0.05, 0) is 19.9 Å². The monoisotopic (exact) mass is 411 g/mol. The van der Waals surface area contributed by atoms with Crippen LogP contribution in [0.4, 0.5) is 11.6 Å². The number of anilines is 2. The minimum Gasteiger partial charge on any atom is -0.505 e. The van der Waals surface area contributed by atoms with E-state index in [4.69, 9.17) is 16.6 Å². The second kappa shape index (κ2) is 8.97. The molecule has 2 aliphatic rings. The van der Waals surface area contributed by atoms with Crippen molar-refractivity contribution >= 4 is 23.1 Å². The topological polar surface area (TPSA) is 99.8 Å². The van der Waals surface area contributed by atoms with Gasteiger partial charge in [-0.2, -0.15) is 5.10 Å². The lowest BCUT2D eigenvalue weighted by molar-refractivity contribution is 0.149. The summed E-state index contributed by atoms with van der Waals surface area (Å²) in [5, 5.41) is 15.9. The molecule has 8 nitrogen and oxygen atoms in total. The van der Waals surface area contributed by atoms with Gasteiger partial charge in [-0.1, -0.05) is 30.3 Å². The summed E-state index contributed by atoms with van der Waals surface area (Å²) in [5.74, 6) is 1.22. The summed E-state index contributed by atoms with van der Waals surface area (Å²) in [7, 11) is 2.16. The average molecular weight is 412 g/mol. The first-order chi connectivity index (χ1) is 14.5. The van der Waals surface area contributed by atoms with Crippen molar-refractivity contribution in [2.45, 2.75) is 19.4 Å². The van der Waals surface area contributed by atoms with Gasteiger partial charge in [-0.3, -0.25) is 4.90 Å². The third-order valence-corrected chi connectivity index (χ3v) is 6.18. The van der Waals surface area contributed by atoms with E-state index in [9.17, 15) is 5.11 Å². The van der Waals surface area contributed by atoms with Crippen molar-refractivity contribution in [2.75, 3.05) is 63.5 Å². The van der Waals surface area contributed by atoms with Gasteiger partial charge in [-0.15, -0.1) is 0 Å². The summed E-state index contributed by atoms with van der Waals surface area (Å²) in [6.07, 6.45) is 2.23. The number of benzene rings is 1. The fourth-order valence-electron chi connectivity index (χ4n) is 4.21. The normalized spacial score (nSPS) is 19.3. The van der Waals surface area contributed by atoms with Crippen molar-refractivity contribution < 1.29 is 5.11 Å². The number of nitrogens with zero attached hydrogens (tertiary/aromatic N) is 5. The van der Waals surface area contributed by atoms with E-state index in [0.29, 0.717) is 23.6 Å². The molecule has 3 heterocycles. The van der Waals surface area contributed by atoms with Crippen molar-refractivity contribution in [1.82, 2.24) is 19.6 Å². The largest absolute Gasteiger partial charge is 0.505 e. The first-order valence-corrected chi connectivity index (χ1v) is 10.8. The second-order valence-electron chi connectivity index (χ2n) is 8.27. The van der Waals surface area contributed by atoms with Crippen molar-refractivity contribution in [1.29, 1.82) is 0 Å². The molecule has 8 heteroatoms. The van der Waals surface area contributed by atoms with E-state index in [1.807, 2.05) is 35.0 Å². The molecule has 0 aliphatic carbocycles. The maximum Gasteiger partial charge on any atom is 0.164 e. The van der Waals surface area contributed by atoms with E-state index in [1.54, 1.807) is 0 Å². The Kier molecular flexibility index (Phi) is 6.15. The molecule has 2 saturated heterocycles. The van der Waals surface area contributed by atoms with Crippen LogP contribution in [-0.2, 0) is 6.54 Å². The molecule has 0 spiro atoms. The lowest BCUT2D eigenvalue weighted by Crippen LogP contribution is -2.45. The Balaban J connectivity index is 1.63. The molecule has 0 unspecified atom stereocenters. The number of rotatable bonds is 6. The fourth-order valence-corrected chi connectivity index (χ4v) is 4.21. The first kappa shape index (κ1) is 20.6. The SMILES string of the molecule is CN1CCN(CCn2nc(N3CCCC3)c(/C(O)=C(\N)c3ccccc3)c2N)CC1. The zero-order chi connectivity index (χ0) is 21.1. The van der Waals surface area contributed by atoms with Crippen molar-refractivity contribution in [2.24, 2.45) is 5.73 Å². The molecule has 0 radical (unpaired) electrons. The summed E-state index contributed by atoms with van der Waals surface area (Å²) < 4.78 is 1.83. The van der Waals surface area contributed by atoms with Gasteiger partial charge in [0.1, 0.15) is 11.4 Å². The number of aromatic nitrogens is 2. The molecule has 4 rings (SSSR count). The number of nitrogens with two attached hydrogens (primary N) is 2. The quantitative estimate of drug-likeness (QED) is 0.622. The first-order valence-electron chi connectivity index (χ1n) is 10.8. The van der Waals surface area contributed by atoms with Crippen molar-refractivity contribution in [3.05, 3.63) is 41.5 Å². The van der Waals surface area contributed by atoms with Crippen molar-refractivity contribution in [3.8, 4) is 0 Å². The molecule has 2 aliphatic heterocycles. The van der Waals surface area contributed by atoms with Gasteiger partial charge in [0.05, 0.1) is 12.2 Å². The lowest BCUT2D eigenvalue weighted by Gasteiger charge is -2.32. The van der Waals surface area contributed by atoms with Crippen LogP contribution in [0.25, 0.3) is 11.5 Å². The van der Waals surface area contributed by atoms with Crippen LogP contribution in [0.2, 0.25) is 0 Å². The fraction of sp³-hybridized carbons (Fsp3) is 0.500. The molecule has 1 aromatic heterocycles. The molecule has 30 heavy (non-hydrogen) atoms. The summed E-state index contributed by atoms with van der Waals surface area (Å²) >= 11 is 0. The van der Waals surface area contributed by atoms with E-state index in [2.05, 4.69) is 21.7 Å². The van der Waals surface area contributed by atoms with Crippen molar-refractivity contribution in [3.63, 3.8) is 0 Å². The standard InChI is InChI=1S/C22H33N7O/c1-26-11-13-27(14-12-26)15-16-29-21(24)18(22(25-29)28-9-5-6-10-28)20(30)19(23)17-7-3-2-4-8-17/h2-4,7-8,30H,5-6,9-16,23-24H2,1H3/b20-19+. The Morgan fingerprint density at radius 1 is 1.00 bits per heavy atom. The van der Waals surface area contributed by atoms with Gasteiger partial charge in [0.2, 0.25) is 0 Å². The Morgan fingerprint density at radius 3 is 2.33 bits per heavy atom. The number of piperazine rings is 1. The van der Waals surface area contributed by atoms with E-state index >= 15 is 0 Å². The molecule has 162 valence electrons. The van der Waals surface area contributed by atoms with Crippen LogP contribution in [0, 0.1) is 0 Å². The predicted octanol–water partition coefficient (Wildman–Crippen LogP) is 1.66. The predicted molar refractivity (Wildman–Crippen MR) is 122 cm³/mol. The number of hydrogen-bond donors (Lipinski definition) is 3. The molecule has 2 aromatic rings. The minimum absolute atomic E-state index is 0.00597.